The van der Waals surface area contributed by atoms with Crippen molar-refractivity contribution in [2.24, 2.45) is 0 Å². The highest BCUT2D eigenvalue weighted by atomic mass is 79.9. The lowest BCUT2D eigenvalue weighted by atomic mass is 10.2. The van der Waals surface area contributed by atoms with E-state index in [0.29, 0.717) is 5.69 Å². The minimum atomic E-state index is -0.191. The van der Waals surface area contributed by atoms with Crippen LogP contribution in [-0.2, 0) is 4.74 Å². The Hall–Kier alpha value is -0.650. The van der Waals surface area contributed by atoms with E-state index in [1.165, 1.54) is 6.07 Å². The molecule has 0 spiro atoms. The zero-order chi connectivity index (χ0) is 13.0. The van der Waals surface area contributed by atoms with E-state index in [4.69, 9.17) is 4.74 Å². The van der Waals surface area contributed by atoms with Crippen molar-refractivity contribution in [2.45, 2.75) is 12.5 Å². The Morgan fingerprint density at radius 1 is 1.56 bits per heavy atom. The molecule has 5 heteroatoms. The smallest absolute Gasteiger partial charge is 0.146 e. The fraction of sp³-hybridized carbons (Fsp3) is 0.538. The Balaban J connectivity index is 1.90. The van der Waals surface area contributed by atoms with Gasteiger partial charge < -0.3 is 15.0 Å². The Morgan fingerprint density at radius 2 is 2.39 bits per heavy atom. The standard InChI is InChI=1S/C13H18BrFN2O/c1-17(6-4-11-9-16-5-7-18-11)13-8-10(14)2-3-12(13)15/h2-3,8,11,16H,4-7,9H2,1H3. The fourth-order valence-electron chi connectivity index (χ4n) is 2.04. The van der Waals surface area contributed by atoms with E-state index in [-0.39, 0.29) is 11.9 Å². The number of morpholine rings is 1. The highest BCUT2D eigenvalue weighted by Crippen LogP contribution is 2.23. The van der Waals surface area contributed by atoms with E-state index in [2.05, 4.69) is 21.2 Å². The first-order valence-corrected chi connectivity index (χ1v) is 6.94. The maximum absolute atomic E-state index is 13.7. The highest BCUT2D eigenvalue weighted by Gasteiger charge is 2.15. The van der Waals surface area contributed by atoms with Gasteiger partial charge in [0.2, 0.25) is 0 Å². The van der Waals surface area contributed by atoms with Crippen LogP contribution >= 0.6 is 15.9 Å². The minimum Gasteiger partial charge on any atom is -0.376 e. The number of nitrogens with zero attached hydrogens (tertiary/aromatic N) is 1. The summed E-state index contributed by atoms with van der Waals surface area (Å²) in [7, 11) is 1.90. The number of benzene rings is 1. The number of hydrogen-bond acceptors (Lipinski definition) is 3. The van der Waals surface area contributed by atoms with Crippen LogP contribution in [-0.4, -0.2) is 39.4 Å². The summed E-state index contributed by atoms with van der Waals surface area (Å²) in [6, 6.07) is 4.99. The first-order valence-electron chi connectivity index (χ1n) is 6.15. The number of rotatable bonds is 4. The van der Waals surface area contributed by atoms with Crippen molar-refractivity contribution in [3.63, 3.8) is 0 Å². The lowest BCUT2D eigenvalue weighted by molar-refractivity contribution is 0.0250. The molecule has 0 amide bonds. The molecular weight excluding hydrogens is 299 g/mol. The largest absolute Gasteiger partial charge is 0.376 e. The molecule has 1 N–H and O–H groups in total. The van der Waals surface area contributed by atoms with Crippen molar-refractivity contribution in [3.8, 4) is 0 Å². The molecule has 100 valence electrons. The van der Waals surface area contributed by atoms with Crippen LogP contribution in [0.5, 0.6) is 0 Å². The molecular formula is C13H18BrFN2O. The summed E-state index contributed by atoms with van der Waals surface area (Å²) < 4.78 is 20.2. The Bertz CT molecular complexity index is 397. The maximum Gasteiger partial charge on any atom is 0.146 e. The molecule has 1 saturated heterocycles. The first kappa shape index (κ1) is 13.8. The predicted octanol–water partition coefficient (Wildman–Crippen LogP) is 2.40. The molecule has 1 unspecified atom stereocenters. The lowest BCUT2D eigenvalue weighted by Gasteiger charge is -2.27. The first-order chi connectivity index (χ1) is 8.66. The number of ether oxygens (including phenoxy) is 1. The van der Waals surface area contributed by atoms with Gasteiger partial charge in [0.1, 0.15) is 5.82 Å². The molecule has 1 aliphatic rings. The second kappa shape index (κ2) is 6.50. The van der Waals surface area contributed by atoms with E-state index in [0.717, 1.165) is 37.1 Å². The van der Waals surface area contributed by atoms with Crippen LogP contribution in [0.1, 0.15) is 6.42 Å². The highest BCUT2D eigenvalue weighted by molar-refractivity contribution is 9.10. The quantitative estimate of drug-likeness (QED) is 0.923. The van der Waals surface area contributed by atoms with Gasteiger partial charge in [-0.1, -0.05) is 15.9 Å². The third-order valence-corrected chi connectivity index (χ3v) is 3.60. The molecule has 2 rings (SSSR count). The van der Waals surface area contributed by atoms with Crippen LogP contribution in [0.3, 0.4) is 0 Å². The van der Waals surface area contributed by atoms with Gasteiger partial charge in [-0.2, -0.15) is 0 Å². The molecule has 1 fully saturated rings. The van der Waals surface area contributed by atoms with Crippen LogP contribution in [0.4, 0.5) is 10.1 Å². The van der Waals surface area contributed by atoms with E-state index in [9.17, 15) is 4.39 Å². The lowest BCUT2D eigenvalue weighted by Crippen LogP contribution is -2.40. The van der Waals surface area contributed by atoms with E-state index < -0.39 is 0 Å². The summed E-state index contributed by atoms with van der Waals surface area (Å²) >= 11 is 3.36. The minimum absolute atomic E-state index is 0.191. The van der Waals surface area contributed by atoms with Gasteiger partial charge in [0.15, 0.2) is 0 Å². The number of anilines is 1. The summed E-state index contributed by atoms with van der Waals surface area (Å²) in [6.07, 6.45) is 1.13. The van der Waals surface area contributed by atoms with Crippen LogP contribution in [0.25, 0.3) is 0 Å². The second-order valence-electron chi connectivity index (χ2n) is 4.50. The number of halogens is 2. The third kappa shape index (κ3) is 3.67. The Morgan fingerprint density at radius 3 is 3.11 bits per heavy atom. The molecule has 1 atom stereocenters. The Labute approximate surface area is 115 Å². The molecule has 18 heavy (non-hydrogen) atoms. The summed E-state index contributed by atoms with van der Waals surface area (Å²) in [5.74, 6) is -0.191. The number of hydrogen-bond donors (Lipinski definition) is 1. The topological polar surface area (TPSA) is 24.5 Å². The molecule has 1 aromatic rings. The molecule has 0 saturated carbocycles. The van der Waals surface area contributed by atoms with Gasteiger partial charge >= 0.3 is 0 Å². The van der Waals surface area contributed by atoms with Crippen LogP contribution in [0.2, 0.25) is 0 Å². The monoisotopic (exact) mass is 316 g/mol. The molecule has 0 bridgehead atoms. The van der Waals surface area contributed by atoms with Gasteiger partial charge in [0, 0.05) is 31.2 Å². The summed E-state index contributed by atoms with van der Waals surface area (Å²) in [5.41, 5.74) is 0.619. The zero-order valence-corrected chi connectivity index (χ0v) is 12.0. The number of nitrogens with one attached hydrogen (secondary N) is 1. The van der Waals surface area contributed by atoms with Crippen LogP contribution in [0.15, 0.2) is 22.7 Å². The van der Waals surface area contributed by atoms with Crippen molar-refractivity contribution in [2.75, 3.05) is 38.2 Å². The van der Waals surface area contributed by atoms with Gasteiger partial charge in [-0.15, -0.1) is 0 Å². The zero-order valence-electron chi connectivity index (χ0n) is 10.5. The van der Waals surface area contributed by atoms with Gasteiger partial charge in [-0.05, 0) is 24.6 Å². The van der Waals surface area contributed by atoms with E-state index in [1.807, 2.05) is 11.9 Å². The molecule has 3 nitrogen and oxygen atoms in total. The molecule has 1 aromatic carbocycles. The maximum atomic E-state index is 13.7. The fourth-order valence-corrected chi connectivity index (χ4v) is 2.39. The molecule has 1 aliphatic heterocycles. The molecule has 0 aromatic heterocycles. The van der Waals surface area contributed by atoms with E-state index >= 15 is 0 Å². The third-order valence-electron chi connectivity index (χ3n) is 3.11. The van der Waals surface area contributed by atoms with Gasteiger partial charge in [-0.3, -0.25) is 0 Å². The molecule has 0 radical (unpaired) electrons. The summed E-state index contributed by atoms with van der Waals surface area (Å²) in [4.78, 5) is 1.93. The van der Waals surface area contributed by atoms with Crippen LogP contribution in [0, 0.1) is 5.82 Å². The average molecular weight is 317 g/mol. The average Bonchev–Trinajstić information content (AvgIpc) is 2.40. The van der Waals surface area contributed by atoms with Crippen molar-refractivity contribution in [1.82, 2.24) is 5.32 Å². The summed E-state index contributed by atoms with van der Waals surface area (Å²) in [5, 5.41) is 3.29. The molecule has 0 aliphatic carbocycles. The van der Waals surface area contributed by atoms with Crippen molar-refractivity contribution in [3.05, 3.63) is 28.5 Å². The SMILES string of the molecule is CN(CCC1CNCCO1)c1cc(Br)ccc1F. The normalized spacial score (nSPS) is 19.8. The van der Waals surface area contributed by atoms with Gasteiger partial charge in [-0.25, -0.2) is 4.39 Å². The van der Waals surface area contributed by atoms with Crippen molar-refractivity contribution in [1.29, 1.82) is 0 Å². The van der Waals surface area contributed by atoms with Crippen molar-refractivity contribution < 1.29 is 9.13 Å². The molecule has 1 heterocycles. The Kier molecular flexibility index (Phi) is 4.97. The summed E-state index contributed by atoms with van der Waals surface area (Å²) in [6.45, 7) is 3.35. The predicted molar refractivity (Wildman–Crippen MR) is 74.6 cm³/mol. The van der Waals surface area contributed by atoms with Crippen LogP contribution < -0.4 is 10.2 Å². The van der Waals surface area contributed by atoms with Crippen molar-refractivity contribution >= 4 is 21.6 Å². The van der Waals surface area contributed by atoms with E-state index in [1.54, 1.807) is 12.1 Å². The second-order valence-corrected chi connectivity index (χ2v) is 5.42. The van der Waals surface area contributed by atoms with Gasteiger partial charge in [0.25, 0.3) is 0 Å². The van der Waals surface area contributed by atoms with Gasteiger partial charge in [0.05, 0.1) is 18.4 Å².